The number of carbonyl (C=O) groups is 1. The van der Waals surface area contributed by atoms with E-state index in [0.29, 0.717) is 5.71 Å². The number of carbonyl (C=O) groups excluding carboxylic acids is 1. The maximum absolute atomic E-state index is 14.3. The van der Waals surface area contributed by atoms with E-state index in [0.717, 1.165) is 10.4 Å². The van der Waals surface area contributed by atoms with Crippen molar-refractivity contribution in [2.75, 3.05) is 10.8 Å². The zero-order chi connectivity index (χ0) is 20.9. The molecule has 28 heavy (non-hydrogen) atoms. The summed E-state index contributed by atoms with van der Waals surface area (Å²) in [5.41, 5.74) is 2.56. The molecule has 0 unspecified atom stereocenters. The first-order valence-electron chi connectivity index (χ1n) is 8.69. The van der Waals surface area contributed by atoms with Gasteiger partial charge in [-0.1, -0.05) is 51.1 Å². The molecule has 0 radical (unpaired) electrons. The Balaban J connectivity index is 2.38. The van der Waals surface area contributed by atoms with Gasteiger partial charge in [-0.25, -0.2) is 18.2 Å². The van der Waals surface area contributed by atoms with Crippen LogP contribution in [0.2, 0.25) is 0 Å². The van der Waals surface area contributed by atoms with Gasteiger partial charge < -0.3 is 0 Å². The molecule has 0 atom stereocenters. The van der Waals surface area contributed by atoms with E-state index in [1.54, 1.807) is 25.1 Å². The lowest BCUT2D eigenvalue weighted by atomic mass is 9.91. The monoisotopic (exact) mass is 405 g/mol. The van der Waals surface area contributed by atoms with E-state index >= 15 is 0 Å². The van der Waals surface area contributed by atoms with Crippen molar-refractivity contribution in [1.29, 1.82) is 0 Å². The maximum atomic E-state index is 14.3. The molecule has 1 amide bonds. The number of halogens is 1. The highest BCUT2D eigenvalue weighted by atomic mass is 32.2. The molecule has 8 heteroatoms. The number of sulfonamides is 1. The van der Waals surface area contributed by atoms with Gasteiger partial charge in [0.15, 0.2) is 0 Å². The van der Waals surface area contributed by atoms with Crippen molar-refractivity contribution in [3.63, 3.8) is 0 Å². The number of nitrogens with one attached hydrogen (secondary N) is 1. The Morgan fingerprint density at radius 3 is 2.21 bits per heavy atom. The van der Waals surface area contributed by atoms with Gasteiger partial charge in [0, 0.05) is 11.1 Å². The summed E-state index contributed by atoms with van der Waals surface area (Å²) in [5, 5.41) is 4.02. The van der Waals surface area contributed by atoms with Crippen molar-refractivity contribution in [3.8, 4) is 0 Å². The minimum Gasteiger partial charge on any atom is -0.271 e. The molecule has 2 aromatic rings. The van der Waals surface area contributed by atoms with Gasteiger partial charge in [-0.3, -0.25) is 9.10 Å². The number of nitrogens with zero attached hydrogens (tertiary/aromatic N) is 2. The molecule has 2 aromatic carbocycles. The molecule has 0 saturated carbocycles. The molecule has 0 aliphatic carbocycles. The fraction of sp³-hybridized carbons (Fsp3) is 0.300. The summed E-state index contributed by atoms with van der Waals surface area (Å²) in [6, 6.07) is 13.0. The number of hydrazone groups is 1. The summed E-state index contributed by atoms with van der Waals surface area (Å²) in [7, 11) is -4.15. The zero-order valence-corrected chi connectivity index (χ0v) is 17.1. The van der Waals surface area contributed by atoms with Crippen molar-refractivity contribution >= 4 is 27.3 Å². The van der Waals surface area contributed by atoms with Crippen LogP contribution in [0.4, 0.5) is 10.1 Å². The van der Waals surface area contributed by atoms with Crippen LogP contribution in [-0.4, -0.2) is 26.6 Å². The van der Waals surface area contributed by atoms with E-state index in [4.69, 9.17) is 0 Å². The lowest BCUT2D eigenvalue weighted by Crippen LogP contribution is -2.40. The number of hydrogen-bond acceptors (Lipinski definition) is 4. The van der Waals surface area contributed by atoms with Crippen LogP contribution < -0.4 is 9.73 Å². The lowest BCUT2D eigenvalue weighted by molar-refractivity contribution is -0.119. The van der Waals surface area contributed by atoms with Crippen LogP contribution in [0.15, 0.2) is 64.6 Å². The molecular weight excluding hydrogens is 381 g/mol. The van der Waals surface area contributed by atoms with Gasteiger partial charge in [-0.2, -0.15) is 5.10 Å². The zero-order valence-electron chi connectivity index (χ0n) is 16.3. The molecule has 0 aromatic heterocycles. The highest BCUT2D eigenvalue weighted by Gasteiger charge is 2.29. The third-order valence-electron chi connectivity index (χ3n) is 4.17. The number of benzene rings is 2. The van der Waals surface area contributed by atoms with Crippen LogP contribution in [-0.2, 0) is 14.8 Å². The smallest absolute Gasteiger partial charge is 0.264 e. The summed E-state index contributed by atoms with van der Waals surface area (Å²) in [6.07, 6.45) is 0. The van der Waals surface area contributed by atoms with E-state index in [1.807, 2.05) is 20.8 Å². The maximum Gasteiger partial charge on any atom is 0.264 e. The molecule has 0 aliphatic rings. The van der Waals surface area contributed by atoms with Gasteiger partial charge in [-0.05, 0) is 31.2 Å². The molecule has 0 saturated heterocycles. The number of amides is 1. The summed E-state index contributed by atoms with van der Waals surface area (Å²) >= 11 is 0. The number of rotatable bonds is 6. The highest BCUT2D eigenvalue weighted by molar-refractivity contribution is 7.92. The van der Waals surface area contributed by atoms with Gasteiger partial charge >= 0.3 is 0 Å². The third-order valence-corrected chi connectivity index (χ3v) is 5.95. The van der Waals surface area contributed by atoms with Crippen LogP contribution in [0, 0.1) is 11.2 Å². The first-order chi connectivity index (χ1) is 13.0. The van der Waals surface area contributed by atoms with Crippen LogP contribution in [0.5, 0.6) is 0 Å². The molecule has 0 aliphatic heterocycles. The minimum atomic E-state index is -4.15. The van der Waals surface area contributed by atoms with Crippen LogP contribution in [0.25, 0.3) is 0 Å². The Labute approximate surface area is 165 Å². The number of anilines is 1. The van der Waals surface area contributed by atoms with E-state index in [-0.39, 0.29) is 16.0 Å². The van der Waals surface area contributed by atoms with Gasteiger partial charge in [0.05, 0.1) is 10.6 Å². The summed E-state index contributed by atoms with van der Waals surface area (Å²) in [5.74, 6) is -1.42. The second kappa shape index (κ2) is 8.52. The molecule has 2 rings (SSSR count). The van der Waals surface area contributed by atoms with E-state index in [2.05, 4.69) is 10.5 Å². The van der Waals surface area contributed by atoms with Gasteiger partial charge in [-0.15, -0.1) is 0 Å². The number of para-hydroxylation sites is 1. The Bertz CT molecular complexity index is 968. The van der Waals surface area contributed by atoms with Gasteiger partial charge in [0.25, 0.3) is 15.9 Å². The predicted octanol–water partition coefficient (Wildman–Crippen LogP) is 3.56. The fourth-order valence-electron chi connectivity index (χ4n) is 2.15. The quantitative estimate of drug-likeness (QED) is 0.590. The first-order valence-corrected chi connectivity index (χ1v) is 10.1. The normalized spacial score (nSPS) is 12.5. The molecule has 0 spiro atoms. The average Bonchev–Trinajstić information content (AvgIpc) is 2.64. The second-order valence-corrected chi connectivity index (χ2v) is 9.12. The molecular formula is C20H24FN3O3S. The Hall–Kier alpha value is -2.74. The fourth-order valence-corrected chi connectivity index (χ4v) is 3.60. The summed E-state index contributed by atoms with van der Waals surface area (Å²) in [4.78, 5) is 12.4. The molecule has 0 bridgehead atoms. The van der Waals surface area contributed by atoms with Gasteiger partial charge in [0.2, 0.25) is 0 Å². The molecule has 150 valence electrons. The van der Waals surface area contributed by atoms with Crippen LogP contribution >= 0.6 is 0 Å². The standard InChI is InChI=1S/C20H24FN3O3S/c1-15(20(2,3)4)22-23-19(25)14-24(18-13-9-8-12-17(18)21)28(26,27)16-10-6-5-7-11-16/h5-13H,14H2,1-4H3,(H,23,25)/b22-15-. The Kier molecular flexibility index (Phi) is 6.56. The topological polar surface area (TPSA) is 78.8 Å². The molecule has 0 fully saturated rings. The van der Waals surface area contributed by atoms with Crippen molar-refractivity contribution in [1.82, 2.24) is 5.43 Å². The van der Waals surface area contributed by atoms with E-state index in [1.165, 1.54) is 30.3 Å². The largest absolute Gasteiger partial charge is 0.271 e. The van der Waals surface area contributed by atoms with Crippen LogP contribution in [0.3, 0.4) is 0 Å². The molecule has 1 N–H and O–H groups in total. The Morgan fingerprint density at radius 1 is 1.07 bits per heavy atom. The predicted molar refractivity (Wildman–Crippen MR) is 108 cm³/mol. The highest BCUT2D eigenvalue weighted by Crippen LogP contribution is 2.26. The summed E-state index contributed by atoms with van der Waals surface area (Å²) in [6.45, 7) is 6.95. The van der Waals surface area contributed by atoms with E-state index in [9.17, 15) is 17.6 Å². The Morgan fingerprint density at radius 2 is 1.64 bits per heavy atom. The minimum absolute atomic E-state index is 0.0413. The third kappa shape index (κ3) is 5.16. The average molecular weight is 405 g/mol. The van der Waals surface area contributed by atoms with E-state index < -0.39 is 28.3 Å². The summed E-state index contributed by atoms with van der Waals surface area (Å²) < 4.78 is 41.2. The van der Waals surface area contributed by atoms with Crippen molar-refractivity contribution in [2.45, 2.75) is 32.6 Å². The SMILES string of the molecule is C/C(=N/NC(=O)CN(c1ccccc1F)S(=O)(=O)c1ccccc1)C(C)(C)C. The molecule has 0 heterocycles. The lowest BCUT2D eigenvalue weighted by Gasteiger charge is -2.24. The van der Waals surface area contributed by atoms with Crippen molar-refractivity contribution < 1.29 is 17.6 Å². The van der Waals surface area contributed by atoms with Crippen molar-refractivity contribution in [2.24, 2.45) is 10.5 Å². The van der Waals surface area contributed by atoms with Crippen molar-refractivity contribution in [3.05, 3.63) is 60.4 Å². The van der Waals surface area contributed by atoms with Gasteiger partial charge in [0.1, 0.15) is 12.4 Å². The molecule has 6 nitrogen and oxygen atoms in total. The second-order valence-electron chi connectivity index (χ2n) is 7.26. The van der Waals surface area contributed by atoms with Crippen LogP contribution in [0.1, 0.15) is 27.7 Å². The number of hydrogen-bond donors (Lipinski definition) is 1. The first kappa shape index (κ1) is 21.6.